The standard InChI is InChI=1S/C14H22FNO3/c1-2-12(17)7-8-16-9-13(18)10-19-14-5-3-11(15)4-6-14/h3-6,12-13,16-18H,2,7-10H2,1H3. The fourth-order valence-corrected chi connectivity index (χ4v) is 1.52. The number of halogens is 1. The third-order valence-corrected chi connectivity index (χ3v) is 2.76. The van der Waals surface area contributed by atoms with Gasteiger partial charge in [-0.3, -0.25) is 0 Å². The van der Waals surface area contributed by atoms with E-state index in [1.807, 2.05) is 6.92 Å². The monoisotopic (exact) mass is 271 g/mol. The van der Waals surface area contributed by atoms with Gasteiger partial charge in [-0.1, -0.05) is 6.92 Å². The fraction of sp³-hybridized carbons (Fsp3) is 0.571. The lowest BCUT2D eigenvalue weighted by Gasteiger charge is -2.14. The van der Waals surface area contributed by atoms with E-state index in [1.54, 1.807) is 0 Å². The Balaban J connectivity index is 2.10. The van der Waals surface area contributed by atoms with Gasteiger partial charge in [-0.15, -0.1) is 0 Å². The lowest BCUT2D eigenvalue weighted by atomic mass is 10.2. The Morgan fingerprint density at radius 1 is 1.21 bits per heavy atom. The van der Waals surface area contributed by atoms with Crippen LogP contribution in [0.25, 0.3) is 0 Å². The number of aliphatic hydroxyl groups is 2. The Labute approximate surface area is 113 Å². The van der Waals surface area contributed by atoms with Gasteiger partial charge in [0.2, 0.25) is 0 Å². The molecule has 0 aliphatic rings. The molecule has 2 unspecified atom stereocenters. The molecule has 1 aromatic carbocycles. The van der Waals surface area contributed by atoms with Crippen molar-refractivity contribution in [2.45, 2.75) is 32.0 Å². The lowest BCUT2D eigenvalue weighted by molar-refractivity contribution is 0.104. The number of aliphatic hydroxyl groups excluding tert-OH is 2. The summed E-state index contributed by atoms with van der Waals surface area (Å²) in [7, 11) is 0. The Morgan fingerprint density at radius 3 is 2.53 bits per heavy atom. The predicted molar refractivity (Wildman–Crippen MR) is 71.7 cm³/mol. The summed E-state index contributed by atoms with van der Waals surface area (Å²) < 4.78 is 18.0. The van der Waals surface area contributed by atoms with Gasteiger partial charge in [-0.25, -0.2) is 4.39 Å². The highest BCUT2D eigenvalue weighted by atomic mass is 19.1. The van der Waals surface area contributed by atoms with Crippen LogP contribution >= 0.6 is 0 Å². The normalized spacial score (nSPS) is 14.1. The zero-order valence-electron chi connectivity index (χ0n) is 11.2. The van der Waals surface area contributed by atoms with Crippen LogP contribution in [-0.2, 0) is 0 Å². The van der Waals surface area contributed by atoms with Gasteiger partial charge in [-0.2, -0.15) is 0 Å². The van der Waals surface area contributed by atoms with Crippen molar-refractivity contribution < 1.29 is 19.3 Å². The summed E-state index contributed by atoms with van der Waals surface area (Å²) in [6, 6.07) is 5.67. The van der Waals surface area contributed by atoms with Crippen LogP contribution in [0.2, 0.25) is 0 Å². The van der Waals surface area contributed by atoms with E-state index in [-0.39, 0.29) is 18.5 Å². The summed E-state index contributed by atoms with van der Waals surface area (Å²) in [5.41, 5.74) is 0. The van der Waals surface area contributed by atoms with Crippen LogP contribution in [0.1, 0.15) is 19.8 Å². The largest absolute Gasteiger partial charge is 0.491 e. The average molecular weight is 271 g/mol. The first kappa shape index (κ1) is 15.9. The van der Waals surface area contributed by atoms with Crippen LogP contribution in [0.4, 0.5) is 4.39 Å². The van der Waals surface area contributed by atoms with E-state index in [1.165, 1.54) is 24.3 Å². The predicted octanol–water partition coefficient (Wildman–Crippen LogP) is 1.32. The number of hydrogen-bond donors (Lipinski definition) is 3. The number of hydrogen-bond acceptors (Lipinski definition) is 4. The number of benzene rings is 1. The molecule has 1 aromatic rings. The molecule has 3 N–H and O–H groups in total. The molecule has 1 rings (SSSR count). The van der Waals surface area contributed by atoms with Crippen molar-refractivity contribution in [2.24, 2.45) is 0 Å². The van der Waals surface area contributed by atoms with Gasteiger partial charge in [0.1, 0.15) is 24.3 Å². The second-order valence-corrected chi connectivity index (χ2v) is 4.47. The fourth-order valence-electron chi connectivity index (χ4n) is 1.52. The highest BCUT2D eigenvalue weighted by Gasteiger charge is 2.06. The van der Waals surface area contributed by atoms with Gasteiger partial charge in [0.15, 0.2) is 0 Å². The van der Waals surface area contributed by atoms with E-state index in [0.717, 1.165) is 6.42 Å². The highest BCUT2D eigenvalue weighted by molar-refractivity contribution is 5.22. The molecule has 0 bridgehead atoms. The molecule has 0 aromatic heterocycles. The number of rotatable bonds is 9. The minimum Gasteiger partial charge on any atom is -0.491 e. The molecule has 0 saturated heterocycles. The maximum Gasteiger partial charge on any atom is 0.123 e. The first-order valence-electron chi connectivity index (χ1n) is 6.57. The molecule has 0 amide bonds. The molecular formula is C14H22FNO3. The van der Waals surface area contributed by atoms with Gasteiger partial charge in [-0.05, 0) is 43.7 Å². The second kappa shape index (κ2) is 8.85. The third-order valence-electron chi connectivity index (χ3n) is 2.76. The van der Waals surface area contributed by atoms with E-state index in [9.17, 15) is 14.6 Å². The van der Waals surface area contributed by atoms with Crippen LogP contribution in [0, 0.1) is 5.82 Å². The topological polar surface area (TPSA) is 61.7 Å². The zero-order chi connectivity index (χ0) is 14.1. The molecular weight excluding hydrogens is 249 g/mol. The summed E-state index contributed by atoms with van der Waals surface area (Å²) in [6.45, 7) is 3.13. The Bertz CT molecular complexity index is 345. The van der Waals surface area contributed by atoms with Crippen LogP contribution in [0.15, 0.2) is 24.3 Å². The van der Waals surface area contributed by atoms with Gasteiger partial charge in [0.05, 0.1) is 6.10 Å². The summed E-state index contributed by atoms with van der Waals surface area (Å²) in [6.07, 6.45) is 0.476. The highest BCUT2D eigenvalue weighted by Crippen LogP contribution is 2.11. The van der Waals surface area contributed by atoms with Crippen molar-refractivity contribution in [1.82, 2.24) is 5.32 Å². The summed E-state index contributed by atoms with van der Waals surface area (Å²) >= 11 is 0. The van der Waals surface area contributed by atoms with Gasteiger partial charge >= 0.3 is 0 Å². The van der Waals surface area contributed by atoms with Crippen molar-refractivity contribution in [1.29, 1.82) is 0 Å². The molecule has 0 heterocycles. The molecule has 108 valence electrons. The summed E-state index contributed by atoms with van der Waals surface area (Å²) in [5.74, 6) is 0.214. The Morgan fingerprint density at radius 2 is 1.89 bits per heavy atom. The number of nitrogens with one attached hydrogen (secondary N) is 1. The second-order valence-electron chi connectivity index (χ2n) is 4.47. The zero-order valence-corrected chi connectivity index (χ0v) is 11.2. The van der Waals surface area contributed by atoms with E-state index in [4.69, 9.17) is 4.74 Å². The van der Waals surface area contributed by atoms with Crippen molar-refractivity contribution >= 4 is 0 Å². The summed E-state index contributed by atoms with van der Waals surface area (Å²) in [4.78, 5) is 0. The Kier molecular flexibility index (Phi) is 7.40. The quantitative estimate of drug-likeness (QED) is 0.593. The first-order chi connectivity index (χ1) is 9.11. The summed E-state index contributed by atoms with van der Waals surface area (Å²) in [5, 5.41) is 22.0. The molecule has 4 nitrogen and oxygen atoms in total. The number of ether oxygens (including phenoxy) is 1. The SMILES string of the molecule is CCC(O)CCNCC(O)COc1ccc(F)cc1. The van der Waals surface area contributed by atoms with Crippen molar-refractivity contribution in [3.63, 3.8) is 0 Å². The van der Waals surface area contributed by atoms with Crippen molar-refractivity contribution in [3.8, 4) is 5.75 Å². The molecule has 0 aliphatic heterocycles. The van der Waals surface area contributed by atoms with Crippen LogP contribution in [-0.4, -0.2) is 42.1 Å². The van der Waals surface area contributed by atoms with Gasteiger partial charge in [0.25, 0.3) is 0 Å². The van der Waals surface area contributed by atoms with Crippen LogP contribution < -0.4 is 10.1 Å². The molecule has 0 saturated carbocycles. The lowest BCUT2D eigenvalue weighted by Crippen LogP contribution is -2.33. The average Bonchev–Trinajstić information content (AvgIpc) is 2.42. The molecule has 5 heteroatoms. The van der Waals surface area contributed by atoms with E-state index < -0.39 is 6.10 Å². The third kappa shape index (κ3) is 7.10. The maximum absolute atomic E-state index is 12.7. The molecule has 0 radical (unpaired) electrons. The molecule has 0 fully saturated rings. The van der Waals surface area contributed by atoms with Crippen molar-refractivity contribution in [2.75, 3.05) is 19.7 Å². The molecule has 2 atom stereocenters. The van der Waals surface area contributed by atoms with E-state index in [0.29, 0.717) is 25.3 Å². The minimum absolute atomic E-state index is 0.148. The Hall–Kier alpha value is -1.17. The molecule has 0 spiro atoms. The maximum atomic E-state index is 12.7. The van der Waals surface area contributed by atoms with Crippen molar-refractivity contribution in [3.05, 3.63) is 30.1 Å². The minimum atomic E-state index is -0.635. The van der Waals surface area contributed by atoms with E-state index >= 15 is 0 Å². The van der Waals surface area contributed by atoms with E-state index in [2.05, 4.69) is 5.32 Å². The molecule has 19 heavy (non-hydrogen) atoms. The smallest absolute Gasteiger partial charge is 0.123 e. The van der Waals surface area contributed by atoms with Gasteiger partial charge < -0.3 is 20.3 Å². The van der Waals surface area contributed by atoms with Crippen LogP contribution in [0.3, 0.4) is 0 Å². The van der Waals surface area contributed by atoms with Gasteiger partial charge in [0, 0.05) is 6.54 Å². The molecule has 0 aliphatic carbocycles. The first-order valence-corrected chi connectivity index (χ1v) is 6.57. The van der Waals surface area contributed by atoms with Crippen LogP contribution in [0.5, 0.6) is 5.75 Å².